The quantitative estimate of drug-likeness (QED) is 0.0713. The molecule has 2 saturated carbocycles. The highest BCUT2D eigenvalue weighted by Gasteiger charge is 2.64. The number of carbonyl (C=O) groups is 2. The zero-order valence-corrected chi connectivity index (χ0v) is 29.8. The first-order chi connectivity index (χ1) is 25.5. The van der Waals surface area contributed by atoms with Gasteiger partial charge in [0.05, 0.1) is 23.3 Å². The number of nitrogens with zero attached hydrogens (tertiary/aromatic N) is 6. The first-order valence-electron chi connectivity index (χ1n) is 16.9. The Hall–Kier alpha value is -5.13. The van der Waals surface area contributed by atoms with E-state index in [1.165, 1.54) is 44.2 Å². The Balaban J connectivity index is 1.37. The number of alkyl halides is 6. The molecule has 19 heteroatoms. The second kappa shape index (κ2) is 14.9. The van der Waals surface area contributed by atoms with Gasteiger partial charge >= 0.3 is 18.8 Å². The Kier molecular flexibility index (Phi) is 10.7. The zero-order chi connectivity index (χ0) is 39.0. The van der Waals surface area contributed by atoms with Gasteiger partial charge in [0.25, 0.3) is 5.91 Å². The molecular formula is C35H36ClF6N9O3. The van der Waals surface area contributed by atoms with E-state index in [0.717, 1.165) is 35.2 Å². The highest BCUT2D eigenvalue weighted by Crippen LogP contribution is 2.49. The van der Waals surface area contributed by atoms with Crippen LogP contribution in [-0.4, -0.2) is 77.9 Å². The van der Waals surface area contributed by atoms with E-state index < -0.39 is 54.5 Å². The number of hydrogen-bond acceptors (Lipinski definition) is 7. The Labute approximate surface area is 310 Å². The van der Waals surface area contributed by atoms with Crippen LogP contribution in [0.5, 0.6) is 0 Å². The van der Waals surface area contributed by atoms with Crippen LogP contribution in [0.1, 0.15) is 80.5 Å². The van der Waals surface area contributed by atoms with Crippen LogP contribution in [0.3, 0.4) is 0 Å². The van der Waals surface area contributed by atoms with E-state index in [4.69, 9.17) is 21.7 Å². The molecule has 54 heavy (non-hydrogen) atoms. The number of aromatic nitrogens is 5. The Bertz CT molecular complexity index is 2000. The average Bonchev–Trinajstić information content (AvgIpc) is 4.00. The van der Waals surface area contributed by atoms with Gasteiger partial charge in [0.1, 0.15) is 24.1 Å². The van der Waals surface area contributed by atoms with Gasteiger partial charge in [-0.05, 0) is 81.3 Å². The lowest BCUT2D eigenvalue weighted by atomic mass is 10.0. The number of nitrogens with one attached hydrogen (secondary N) is 3. The number of hydrogen-bond donors (Lipinski definition) is 3. The molecule has 4 aromatic rings. The fourth-order valence-electron chi connectivity index (χ4n) is 5.75. The molecule has 2 heterocycles. The van der Waals surface area contributed by atoms with Gasteiger partial charge in [0.2, 0.25) is 0 Å². The Morgan fingerprint density at radius 2 is 1.78 bits per heavy atom. The number of alkyl carbamates (subject to hydrolysis) is 1. The zero-order valence-electron chi connectivity index (χ0n) is 29.0. The fraction of sp³-hybridized carbons (Fsp3) is 0.429. The van der Waals surface area contributed by atoms with Crippen LogP contribution in [-0.2, 0) is 4.74 Å². The predicted molar refractivity (Wildman–Crippen MR) is 185 cm³/mol. The topological polar surface area (TPSA) is 143 Å². The lowest BCUT2D eigenvalue weighted by Crippen LogP contribution is -2.50. The molecular weight excluding hydrogens is 744 g/mol. The molecule has 0 spiro atoms. The van der Waals surface area contributed by atoms with E-state index >= 15 is 0 Å². The van der Waals surface area contributed by atoms with Gasteiger partial charge in [-0.3, -0.25) is 19.8 Å². The van der Waals surface area contributed by atoms with Crippen molar-refractivity contribution in [2.45, 2.75) is 82.0 Å². The van der Waals surface area contributed by atoms with Gasteiger partial charge < -0.3 is 15.4 Å². The van der Waals surface area contributed by atoms with Gasteiger partial charge in [0, 0.05) is 29.4 Å². The SMILES string of the molecule is CC(C)(F)CCNC(=N)N(C(=O)c1ccc(-c2cnn(C3CC3)c2)cc1)[C@H](COC(=O)NC1(C(F)(F)F)CC1)c1ccc(Cl)c(-c2ncnn2C(F)F)c1. The lowest BCUT2D eigenvalue weighted by molar-refractivity contribution is -0.164. The summed E-state index contributed by atoms with van der Waals surface area (Å²) in [6.07, 6.45) is -0.462. The minimum atomic E-state index is -4.75. The molecule has 288 valence electrons. The second-order valence-corrected chi connectivity index (χ2v) is 14.2. The number of halogens is 7. The third-order valence-corrected chi connectivity index (χ3v) is 9.48. The minimum absolute atomic E-state index is 0.0521. The van der Waals surface area contributed by atoms with Crippen molar-refractivity contribution in [1.29, 1.82) is 5.41 Å². The van der Waals surface area contributed by atoms with Crippen molar-refractivity contribution in [2.24, 2.45) is 0 Å². The van der Waals surface area contributed by atoms with Crippen LogP contribution in [0.4, 0.5) is 31.1 Å². The van der Waals surface area contributed by atoms with Crippen molar-refractivity contribution < 1.29 is 40.7 Å². The summed E-state index contributed by atoms with van der Waals surface area (Å²) >= 11 is 6.41. The second-order valence-electron chi connectivity index (χ2n) is 13.8. The molecule has 2 aliphatic rings. The highest BCUT2D eigenvalue weighted by atomic mass is 35.5. The first-order valence-corrected chi connectivity index (χ1v) is 17.3. The Morgan fingerprint density at radius 3 is 2.39 bits per heavy atom. The molecule has 6 rings (SSSR count). The number of guanidine groups is 1. The molecule has 2 amide bonds. The number of carbonyl (C=O) groups excluding carboxylic acids is 2. The van der Waals surface area contributed by atoms with Crippen LogP contribution < -0.4 is 10.6 Å². The average molecular weight is 780 g/mol. The predicted octanol–water partition coefficient (Wildman–Crippen LogP) is 7.86. The fourth-order valence-corrected chi connectivity index (χ4v) is 5.95. The molecule has 0 aliphatic heterocycles. The Morgan fingerprint density at radius 1 is 1.07 bits per heavy atom. The maximum absolute atomic E-state index is 14.4. The van der Waals surface area contributed by atoms with Crippen LogP contribution >= 0.6 is 11.6 Å². The molecule has 2 aliphatic carbocycles. The smallest absolute Gasteiger partial charge is 0.411 e. The molecule has 2 aromatic heterocycles. The molecule has 0 radical (unpaired) electrons. The van der Waals surface area contributed by atoms with E-state index in [-0.39, 0.29) is 53.3 Å². The van der Waals surface area contributed by atoms with Crippen LogP contribution in [0.2, 0.25) is 5.02 Å². The van der Waals surface area contributed by atoms with Crippen molar-refractivity contribution in [2.75, 3.05) is 13.2 Å². The maximum Gasteiger partial charge on any atom is 0.411 e. The molecule has 2 aromatic carbocycles. The standard InChI is InChI=1S/C35H36ClF6N9O3/c1-33(2,39)13-14-44-31(43)50(29(52)21-5-3-20(4-6-21)23-16-46-49(17-23)24-8-9-24)27(18-54-32(53)48-34(11-12-34)35(40,41)42)22-7-10-26(36)25(15-22)28-45-19-47-51(28)30(37)38/h3-7,10,15-17,19,24,27,30H,8-9,11-14,18H2,1-2H3,(H2,43,44)(H,48,53)/t27-/m1/s1. The van der Waals surface area contributed by atoms with E-state index in [9.17, 15) is 35.9 Å². The van der Waals surface area contributed by atoms with Crippen LogP contribution in [0.15, 0.2) is 61.2 Å². The first kappa shape index (κ1) is 38.6. The summed E-state index contributed by atoms with van der Waals surface area (Å²) in [5.41, 5.74) is -2.53. The molecule has 0 bridgehead atoms. The molecule has 0 saturated heterocycles. The van der Waals surface area contributed by atoms with E-state index in [1.807, 2.05) is 16.2 Å². The molecule has 1 atom stereocenters. The van der Waals surface area contributed by atoms with E-state index in [1.54, 1.807) is 18.3 Å². The summed E-state index contributed by atoms with van der Waals surface area (Å²) in [7, 11) is 0. The van der Waals surface area contributed by atoms with Crippen LogP contribution in [0, 0.1) is 5.41 Å². The largest absolute Gasteiger partial charge is 0.447 e. The van der Waals surface area contributed by atoms with Gasteiger partial charge in [-0.25, -0.2) is 14.2 Å². The number of rotatable bonds is 13. The van der Waals surface area contributed by atoms with Gasteiger partial charge in [0.15, 0.2) is 11.8 Å². The van der Waals surface area contributed by atoms with Crippen LogP contribution in [0.25, 0.3) is 22.5 Å². The monoisotopic (exact) mass is 779 g/mol. The highest BCUT2D eigenvalue weighted by molar-refractivity contribution is 6.33. The van der Waals surface area contributed by atoms with E-state index in [0.29, 0.717) is 10.7 Å². The number of ether oxygens (including phenoxy) is 1. The molecule has 2 fully saturated rings. The lowest BCUT2D eigenvalue weighted by Gasteiger charge is -2.33. The van der Waals surface area contributed by atoms with E-state index in [2.05, 4.69) is 20.5 Å². The maximum atomic E-state index is 14.4. The number of amides is 2. The third-order valence-electron chi connectivity index (χ3n) is 9.15. The number of benzene rings is 2. The van der Waals surface area contributed by atoms with Crippen molar-refractivity contribution >= 4 is 29.6 Å². The molecule has 12 nitrogen and oxygen atoms in total. The molecule has 0 unspecified atom stereocenters. The summed E-state index contributed by atoms with van der Waals surface area (Å²) < 4.78 is 90.6. The van der Waals surface area contributed by atoms with Crippen molar-refractivity contribution in [3.05, 3.63) is 77.3 Å². The third kappa shape index (κ3) is 8.63. The van der Waals surface area contributed by atoms with Crippen molar-refractivity contribution in [3.63, 3.8) is 0 Å². The van der Waals surface area contributed by atoms with Crippen molar-refractivity contribution in [1.82, 2.24) is 40.1 Å². The summed E-state index contributed by atoms with van der Waals surface area (Å²) in [4.78, 5) is 32.1. The minimum Gasteiger partial charge on any atom is -0.447 e. The van der Waals surface area contributed by atoms with Gasteiger partial charge in [-0.2, -0.15) is 36.8 Å². The van der Waals surface area contributed by atoms with Gasteiger partial charge in [-0.15, -0.1) is 0 Å². The van der Waals surface area contributed by atoms with Gasteiger partial charge in [-0.1, -0.05) is 29.8 Å². The summed E-state index contributed by atoms with van der Waals surface area (Å²) in [6, 6.07) is 9.16. The molecule has 3 N–H and O–H groups in total. The summed E-state index contributed by atoms with van der Waals surface area (Å²) in [5.74, 6) is -1.75. The summed E-state index contributed by atoms with van der Waals surface area (Å²) in [6.45, 7) is -1.40. The van der Waals surface area contributed by atoms with Crippen molar-refractivity contribution in [3.8, 4) is 22.5 Å². The summed E-state index contributed by atoms with van der Waals surface area (Å²) in [5, 5.41) is 21.4. The normalized spacial score (nSPS) is 15.8.